The van der Waals surface area contributed by atoms with Gasteiger partial charge in [0.15, 0.2) is 12.4 Å². The number of carbonyl (C=O) groups excluding carboxylic acids is 3. The summed E-state index contributed by atoms with van der Waals surface area (Å²) < 4.78 is 22.7. The first-order chi connectivity index (χ1) is 36.6. The Morgan fingerprint density at radius 2 is 0.760 bits per heavy atom. The third-order valence-electron chi connectivity index (χ3n) is 12.2. The first-order valence-corrected chi connectivity index (χ1v) is 29.7. The van der Waals surface area contributed by atoms with Gasteiger partial charge < -0.3 is 33.3 Å². The molecule has 0 fully saturated rings. The van der Waals surface area contributed by atoms with Crippen molar-refractivity contribution >= 4 is 17.9 Å². The molecule has 0 saturated heterocycles. The average Bonchev–Trinajstić information content (AvgIpc) is 3.38. The van der Waals surface area contributed by atoms with Gasteiger partial charge in [-0.25, -0.2) is 0 Å². The standard InChI is InChI=1S/C66H109NO8/c1-6-8-10-12-14-16-18-20-22-24-26-28-30-31-32-33-35-37-39-41-43-45-47-49-51-53-55-57-64(69)75-62(61-74-66(65(70)71)72-59-58-67(3,4)5)60-73-63(68)56-54-52-50-48-46-44-42-40-38-36-34-29-27-25-23-21-19-17-15-13-11-9-7-2/h8,10,14,16,19-22,25-28,31-32,34-37,41,43,62,66H,6-7,9,11-13,15,17-18,23-24,29-30,33,38-40,42,44-61H2,1-5H3/b10-8-,16-14-,21-19-,22-20-,27-25-,28-26-,32-31-,36-34-,37-35-,43-41-. The van der Waals surface area contributed by atoms with E-state index in [2.05, 4.69) is 135 Å². The number of carboxylic acid groups (broad SMARTS) is 1. The molecule has 0 bridgehead atoms. The predicted octanol–water partition coefficient (Wildman–Crippen LogP) is 16.3. The lowest BCUT2D eigenvalue weighted by Gasteiger charge is -2.26. The highest BCUT2D eigenvalue weighted by atomic mass is 16.7. The second kappa shape index (κ2) is 55.9. The van der Waals surface area contributed by atoms with Crippen molar-refractivity contribution in [3.63, 3.8) is 0 Å². The Bertz CT molecular complexity index is 1640. The van der Waals surface area contributed by atoms with Crippen LogP contribution in [0.3, 0.4) is 0 Å². The molecule has 0 aromatic rings. The Morgan fingerprint density at radius 1 is 0.413 bits per heavy atom. The molecule has 426 valence electrons. The highest BCUT2D eigenvalue weighted by Crippen LogP contribution is 2.14. The second-order valence-corrected chi connectivity index (χ2v) is 20.5. The fourth-order valence-electron chi connectivity index (χ4n) is 7.64. The van der Waals surface area contributed by atoms with Crippen LogP contribution < -0.4 is 5.11 Å². The van der Waals surface area contributed by atoms with Crippen LogP contribution in [0, 0.1) is 0 Å². The first kappa shape index (κ1) is 70.7. The molecule has 0 rings (SSSR count). The zero-order valence-electron chi connectivity index (χ0n) is 48.4. The fraction of sp³-hybridized carbons (Fsp3) is 0.652. The molecule has 0 amide bonds. The van der Waals surface area contributed by atoms with Gasteiger partial charge in [0.2, 0.25) is 0 Å². The maximum Gasteiger partial charge on any atom is 0.306 e. The molecule has 0 aliphatic carbocycles. The van der Waals surface area contributed by atoms with Crippen LogP contribution in [0.2, 0.25) is 0 Å². The van der Waals surface area contributed by atoms with E-state index in [4.69, 9.17) is 18.9 Å². The van der Waals surface area contributed by atoms with Crippen LogP contribution in [0.4, 0.5) is 0 Å². The van der Waals surface area contributed by atoms with Crippen LogP contribution in [0.1, 0.15) is 219 Å². The Kier molecular flexibility index (Phi) is 52.7. The lowest BCUT2D eigenvalue weighted by molar-refractivity contribution is -0.870. The molecule has 0 aliphatic heterocycles. The van der Waals surface area contributed by atoms with Crippen LogP contribution >= 0.6 is 0 Å². The van der Waals surface area contributed by atoms with Crippen molar-refractivity contribution in [3.8, 4) is 0 Å². The average molecular weight is 1040 g/mol. The van der Waals surface area contributed by atoms with E-state index in [1.54, 1.807) is 0 Å². The number of quaternary nitrogens is 1. The third-order valence-corrected chi connectivity index (χ3v) is 12.2. The second-order valence-electron chi connectivity index (χ2n) is 20.5. The number of unbranched alkanes of at least 4 members (excludes halogenated alkanes) is 18. The molecular weight excluding hydrogens is 935 g/mol. The molecule has 0 radical (unpaired) electrons. The number of allylic oxidation sites excluding steroid dienone is 20. The number of nitrogens with zero attached hydrogens (tertiary/aromatic N) is 1. The molecule has 9 heteroatoms. The number of carboxylic acids is 1. The Hall–Kier alpha value is -4.31. The number of hydrogen-bond donors (Lipinski definition) is 0. The molecule has 0 spiro atoms. The topological polar surface area (TPSA) is 111 Å². The molecule has 0 heterocycles. The van der Waals surface area contributed by atoms with E-state index < -0.39 is 24.3 Å². The first-order valence-electron chi connectivity index (χ1n) is 29.7. The van der Waals surface area contributed by atoms with Crippen LogP contribution in [0.5, 0.6) is 0 Å². The molecular formula is C66H109NO8. The number of carbonyl (C=O) groups is 3. The summed E-state index contributed by atoms with van der Waals surface area (Å²) in [5.41, 5.74) is 0. The number of aliphatic carboxylic acids is 1. The maximum atomic E-state index is 12.9. The van der Waals surface area contributed by atoms with E-state index in [0.717, 1.165) is 122 Å². The summed E-state index contributed by atoms with van der Waals surface area (Å²) in [5, 5.41) is 11.8. The van der Waals surface area contributed by atoms with Crippen molar-refractivity contribution in [3.05, 3.63) is 122 Å². The lowest BCUT2D eigenvalue weighted by atomic mass is 10.1. The smallest absolute Gasteiger partial charge is 0.306 e. The molecule has 0 saturated carbocycles. The lowest BCUT2D eigenvalue weighted by Crippen LogP contribution is -2.44. The monoisotopic (exact) mass is 1040 g/mol. The van der Waals surface area contributed by atoms with E-state index in [1.165, 1.54) is 64.2 Å². The normalized spacial score (nSPS) is 13.7. The van der Waals surface area contributed by atoms with Gasteiger partial charge in [0, 0.05) is 12.8 Å². The highest BCUT2D eigenvalue weighted by Gasteiger charge is 2.22. The fourth-order valence-corrected chi connectivity index (χ4v) is 7.64. The number of likely N-dealkylation sites (N-methyl/N-ethyl adjacent to an activating group) is 1. The van der Waals surface area contributed by atoms with Gasteiger partial charge in [-0.3, -0.25) is 9.59 Å². The molecule has 0 aliphatic rings. The van der Waals surface area contributed by atoms with Gasteiger partial charge in [0.25, 0.3) is 0 Å². The van der Waals surface area contributed by atoms with Crippen LogP contribution in [-0.4, -0.2) is 82.3 Å². The van der Waals surface area contributed by atoms with Gasteiger partial charge in [-0.15, -0.1) is 0 Å². The minimum absolute atomic E-state index is 0.135. The van der Waals surface area contributed by atoms with E-state index in [0.29, 0.717) is 17.4 Å². The summed E-state index contributed by atoms with van der Waals surface area (Å²) in [7, 11) is 5.90. The van der Waals surface area contributed by atoms with E-state index >= 15 is 0 Å². The van der Waals surface area contributed by atoms with Crippen molar-refractivity contribution in [2.75, 3.05) is 47.5 Å². The SMILES string of the molecule is CC/C=C\C/C=C\C/C=C\C/C=C\C/C=C\C/C=C\C/C=C\CCCCCCCC(=O)OC(COC(=O)CCCCCCCCCC/C=C\C/C=C\C/C=C\CCCCCCC)COC(OCC[N+](C)(C)C)C(=O)[O-]. The Labute approximate surface area is 459 Å². The Balaban J connectivity index is 4.35. The maximum absolute atomic E-state index is 12.9. The highest BCUT2D eigenvalue weighted by molar-refractivity contribution is 5.70. The quantitative estimate of drug-likeness (QED) is 0.0195. The summed E-state index contributed by atoms with van der Waals surface area (Å²) in [6.45, 7) is 4.58. The zero-order chi connectivity index (χ0) is 54.8. The summed E-state index contributed by atoms with van der Waals surface area (Å²) in [4.78, 5) is 37.3. The summed E-state index contributed by atoms with van der Waals surface area (Å²) >= 11 is 0. The molecule has 2 unspecified atom stereocenters. The number of hydrogen-bond acceptors (Lipinski definition) is 8. The van der Waals surface area contributed by atoms with E-state index in [1.807, 2.05) is 21.1 Å². The molecule has 0 aromatic carbocycles. The molecule has 75 heavy (non-hydrogen) atoms. The summed E-state index contributed by atoms with van der Waals surface area (Å²) in [5.74, 6) is -2.33. The van der Waals surface area contributed by atoms with Crippen molar-refractivity contribution in [2.45, 2.75) is 232 Å². The molecule has 2 atom stereocenters. The number of esters is 2. The molecule has 0 aromatic heterocycles. The van der Waals surface area contributed by atoms with Crippen molar-refractivity contribution in [1.82, 2.24) is 0 Å². The minimum atomic E-state index is -1.64. The van der Waals surface area contributed by atoms with Gasteiger partial charge in [-0.1, -0.05) is 219 Å². The van der Waals surface area contributed by atoms with Crippen LogP contribution in [0.25, 0.3) is 0 Å². The minimum Gasteiger partial charge on any atom is -0.545 e. The predicted molar refractivity (Wildman–Crippen MR) is 315 cm³/mol. The largest absolute Gasteiger partial charge is 0.545 e. The van der Waals surface area contributed by atoms with Crippen LogP contribution in [-0.2, 0) is 33.3 Å². The number of rotatable bonds is 53. The summed E-state index contributed by atoms with van der Waals surface area (Å²) in [6.07, 6.45) is 75.2. The zero-order valence-corrected chi connectivity index (χ0v) is 48.4. The van der Waals surface area contributed by atoms with Gasteiger partial charge in [-0.2, -0.15) is 0 Å². The van der Waals surface area contributed by atoms with Crippen LogP contribution in [0.15, 0.2) is 122 Å². The van der Waals surface area contributed by atoms with Gasteiger partial charge in [0.1, 0.15) is 13.2 Å². The van der Waals surface area contributed by atoms with E-state index in [-0.39, 0.29) is 38.6 Å². The van der Waals surface area contributed by atoms with Gasteiger partial charge in [-0.05, 0) is 109 Å². The Morgan fingerprint density at radius 3 is 1.13 bits per heavy atom. The van der Waals surface area contributed by atoms with Crippen molar-refractivity contribution in [2.24, 2.45) is 0 Å². The van der Waals surface area contributed by atoms with E-state index in [9.17, 15) is 19.5 Å². The number of ether oxygens (including phenoxy) is 4. The summed E-state index contributed by atoms with van der Waals surface area (Å²) in [6, 6.07) is 0. The van der Waals surface area contributed by atoms with Gasteiger partial charge in [0.05, 0.1) is 40.3 Å². The molecule has 9 nitrogen and oxygen atoms in total. The van der Waals surface area contributed by atoms with Gasteiger partial charge >= 0.3 is 11.9 Å². The van der Waals surface area contributed by atoms with Crippen molar-refractivity contribution in [1.29, 1.82) is 0 Å². The third kappa shape index (κ3) is 57.2. The van der Waals surface area contributed by atoms with Crippen molar-refractivity contribution < 1.29 is 42.9 Å². The molecule has 0 N–H and O–H groups in total.